The normalized spacial score (nSPS) is 40.7. The summed E-state index contributed by atoms with van der Waals surface area (Å²) in [5, 5.41) is 2.50. The quantitative estimate of drug-likeness (QED) is 0.574. The van der Waals surface area contributed by atoms with E-state index in [4.69, 9.17) is 4.74 Å². The first-order valence-corrected chi connectivity index (χ1v) is 12.0. The van der Waals surface area contributed by atoms with Gasteiger partial charge >= 0.3 is 0 Å². The van der Waals surface area contributed by atoms with Gasteiger partial charge < -0.3 is 4.74 Å². The van der Waals surface area contributed by atoms with Gasteiger partial charge in [-0.25, -0.2) is 0 Å². The number of ether oxygens (including phenoxy) is 1. The van der Waals surface area contributed by atoms with Gasteiger partial charge in [-0.2, -0.15) is 0 Å². The van der Waals surface area contributed by atoms with Crippen LogP contribution >= 0.6 is 0 Å². The number of Topliss-reactive ketones (excluding diaryl/α,β-unsaturated/α-hetero) is 1. The van der Waals surface area contributed by atoms with Crippen LogP contribution in [0.5, 0.6) is 0 Å². The molecule has 3 aliphatic carbocycles. The van der Waals surface area contributed by atoms with Crippen molar-refractivity contribution in [3.05, 3.63) is 65.5 Å². The molecule has 1 saturated heterocycles. The Labute approximate surface area is 183 Å². The lowest BCUT2D eigenvalue weighted by atomic mass is 9.58. The standard InChI is InChI=1S/C28H29NO2/c1-26-10-8-22-15-21-4-5-23(30)16-27(21)11-12-28(22,31-27)25(26)7-6-24(26)19-3-2-18-9-13-29-17-20(18)14-19/h2-3,8-9,13-15,17,24-25H,4-7,10-12,16H2,1H3/t24?,25-,26-,27?,28-/m1/s1. The Balaban J connectivity index is 1.31. The molecule has 5 atom stereocenters. The molecule has 2 aliphatic heterocycles. The van der Waals surface area contributed by atoms with Gasteiger partial charge in [0.25, 0.3) is 0 Å². The summed E-state index contributed by atoms with van der Waals surface area (Å²) in [7, 11) is 0. The lowest BCUT2D eigenvalue weighted by molar-refractivity contribution is -0.146. The van der Waals surface area contributed by atoms with Crippen LogP contribution in [-0.2, 0) is 9.53 Å². The molecule has 2 saturated carbocycles. The molecule has 3 fully saturated rings. The molecule has 31 heavy (non-hydrogen) atoms. The Hall–Kier alpha value is -2.26. The summed E-state index contributed by atoms with van der Waals surface area (Å²) in [5.74, 6) is 1.44. The monoisotopic (exact) mass is 411 g/mol. The summed E-state index contributed by atoms with van der Waals surface area (Å²) in [6, 6.07) is 9.06. The summed E-state index contributed by atoms with van der Waals surface area (Å²) >= 11 is 0. The number of hydrogen-bond acceptors (Lipinski definition) is 3. The Bertz CT molecular complexity index is 1190. The van der Waals surface area contributed by atoms with Gasteiger partial charge in [0.15, 0.2) is 0 Å². The molecule has 2 bridgehead atoms. The molecule has 0 amide bonds. The highest BCUT2D eigenvalue weighted by Gasteiger charge is 2.66. The first-order valence-electron chi connectivity index (χ1n) is 12.0. The van der Waals surface area contributed by atoms with Gasteiger partial charge in [-0.1, -0.05) is 31.2 Å². The minimum absolute atomic E-state index is 0.179. The molecule has 2 aromatic rings. The predicted molar refractivity (Wildman–Crippen MR) is 121 cm³/mol. The van der Waals surface area contributed by atoms with Gasteiger partial charge in [-0.15, -0.1) is 0 Å². The maximum absolute atomic E-state index is 12.4. The third-order valence-electron chi connectivity index (χ3n) is 9.57. The van der Waals surface area contributed by atoms with Crippen molar-refractivity contribution in [3.63, 3.8) is 0 Å². The van der Waals surface area contributed by atoms with Gasteiger partial charge in [-0.05, 0) is 90.0 Å². The van der Waals surface area contributed by atoms with Crippen molar-refractivity contribution in [2.24, 2.45) is 11.3 Å². The highest BCUT2D eigenvalue weighted by Crippen LogP contribution is 2.69. The number of allylic oxidation sites excluding steroid dienone is 1. The number of carbonyl (C=O) groups excluding carboxylic acids is 1. The van der Waals surface area contributed by atoms with Crippen LogP contribution in [0.3, 0.4) is 0 Å². The average molecular weight is 412 g/mol. The predicted octanol–water partition coefficient (Wildman–Crippen LogP) is 6.05. The smallest absolute Gasteiger partial charge is 0.136 e. The molecule has 0 N–H and O–H groups in total. The average Bonchev–Trinajstić information content (AvgIpc) is 3.28. The van der Waals surface area contributed by atoms with Gasteiger partial charge in [0.1, 0.15) is 5.78 Å². The fraction of sp³-hybridized carbons (Fsp3) is 0.500. The number of aromatic nitrogens is 1. The molecular formula is C28H29NO2. The lowest BCUT2D eigenvalue weighted by Crippen LogP contribution is -2.53. The topological polar surface area (TPSA) is 39.2 Å². The van der Waals surface area contributed by atoms with Crippen LogP contribution in [0.1, 0.15) is 69.8 Å². The van der Waals surface area contributed by atoms with E-state index >= 15 is 0 Å². The number of nitrogens with zero attached hydrogens (tertiary/aromatic N) is 1. The molecule has 3 heterocycles. The first kappa shape index (κ1) is 18.3. The van der Waals surface area contributed by atoms with Crippen LogP contribution in [-0.4, -0.2) is 22.0 Å². The molecule has 0 radical (unpaired) electrons. The molecule has 158 valence electrons. The lowest BCUT2D eigenvalue weighted by Gasteiger charge is -2.53. The van der Waals surface area contributed by atoms with Gasteiger partial charge in [-0.3, -0.25) is 9.78 Å². The SMILES string of the molecule is C[C@]12CC=C3C=C4CCC(=O)CC45CC[C@]3(O5)[C@@H]1CCC2c1ccc2ccncc2c1. The molecule has 1 aromatic carbocycles. The fourth-order valence-electron chi connectivity index (χ4n) is 8.09. The summed E-state index contributed by atoms with van der Waals surface area (Å²) in [4.78, 5) is 16.7. The molecule has 1 aromatic heterocycles. The maximum Gasteiger partial charge on any atom is 0.136 e. The van der Waals surface area contributed by atoms with E-state index in [1.807, 2.05) is 12.4 Å². The zero-order valence-corrected chi connectivity index (χ0v) is 18.2. The zero-order chi connectivity index (χ0) is 20.8. The first-order chi connectivity index (χ1) is 15.0. The number of fused-ring (bicyclic) bond motifs is 2. The fourth-order valence-corrected chi connectivity index (χ4v) is 8.09. The number of carbonyl (C=O) groups is 1. The maximum atomic E-state index is 12.4. The van der Waals surface area contributed by atoms with Crippen LogP contribution in [0.2, 0.25) is 0 Å². The Kier molecular flexibility index (Phi) is 3.52. The summed E-state index contributed by atoms with van der Waals surface area (Å²) in [6.45, 7) is 2.50. The van der Waals surface area contributed by atoms with Crippen LogP contribution in [0.25, 0.3) is 10.8 Å². The van der Waals surface area contributed by atoms with E-state index in [0.29, 0.717) is 30.5 Å². The van der Waals surface area contributed by atoms with Gasteiger partial charge in [0.05, 0.1) is 11.2 Å². The molecule has 3 heteroatoms. The second kappa shape index (κ2) is 5.95. The van der Waals surface area contributed by atoms with Crippen LogP contribution in [0.15, 0.2) is 60.0 Å². The van der Waals surface area contributed by atoms with E-state index in [1.54, 1.807) is 0 Å². The van der Waals surface area contributed by atoms with Crippen LogP contribution in [0, 0.1) is 11.3 Å². The van der Waals surface area contributed by atoms with Crippen molar-refractivity contribution in [3.8, 4) is 0 Å². The van der Waals surface area contributed by atoms with E-state index in [9.17, 15) is 4.79 Å². The van der Waals surface area contributed by atoms with Crippen molar-refractivity contribution in [2.75, 3.05) is 0 Å². The van der Waals surface area contributed by atoms with Crippen molar-refractivity contribution >= 4 is 16.6 Å². The van der Waals surface area contributed by atoms with Gasteiger partial charge in [0.2, 0.25) is 0 Å². The second-order valence-electron chi connectivity index (χ2n) is 10.9. The molecule has 2 spiro atoms. The largest absolute Gasteiger partial charge is 0.359 e. The van der Waals surface area contributed by atoms with E-state index < -0.39 is 0 Å². The Morgan fingerprint density at radius 2 is 2.03 bits per heavy atom. The van der Waals surface area contributed by atoms with Gasteiger partial charge in [0, 0.05) is 30.6 Å². The minimum Gasteiger partial charge on any atom is -0.359 e. The molecule has 3 nitrogen and oxygen atoms in total. The number of benzene rings is 1. The Morgan fingerprint density at radius 1 is 1.10 bits per heavy atom. The Morgan fingerprint density at radius 3 is 2.97 bits per heavy atom. The summed E-state index contributed by atoms with van der Waals surface area (Å²) < 4.78 is 7.12. The number of ketones is 1. The zero-order valence-electron chi connectivity index (χ0n) is 18.2. The van der Waals surface area contributed by atoms with Crippen molar-refractivity contribution in [2.45, 2.75) is 75.4 Å². The summed E-state index contributed by atoms with van der Waals surface area (Å²) in [5.41, 5.74) is 3.99. The second-order valence-corrected chi connectivity index (χ2v) is 10.9. The van der Waals surface area contributed by atoms with E-state index in [2.05, 4.69) is 48.3 Å². The highest BCUT2D eigenvalue weighted by atomic mass is 16.5. The third kappa shape index (κ3) is 2.28. The van der Waals surface area contributed by atoms with Crippen LogP contribution in [0.4, 0.5) is 0 Å². The molecule has 2 unspecified atom stereocenters. The van der Waals surface area contributed by atoms with Crippen LogP contribution < -0.4 is 0 Å². The molecule has 7 rings (SSSR count). The third-order valence-corrected chi connectivity index (χ3v) is 9.57. The number of hydrogen-bond donors (Lipinski definition) is 0. The van der Waals surface area contributed by atoms with Crippen molar-refractivity contribution in [1.82, 2.24) is 4.98 Å². The van der Waals surface area contributed by atoms with Crippen molar-refractivity contribution < 1.29 is 9.53 Å². The van der Waals surface area contributed by atoms with E-state index in [1.165, 1.54) is 40.3 Å². The van der Waals surface area contributed by atoms with E-state index in [0.717, 1.165) is 25.7 Å². The number of rotatable bonds is 1. The van der Waals surface area contributed by atoms with E-state index in [-0.39, 0.29) is 16.6 Å². The molecular weight excluding hydrogens is 382 g/mol. The minimum atomic E-state index is -0.294. The number of pyridine rings is 1. The summed E-state index contributed by atoms with van der Waals surface area (Å²) in [6.07, 6.45) is 16.6. The van der Waals surface area contributed by atoms with Crippen molar-refractivity contribution in [1.29, 1.82) is 0 Å². The highest BCUT2D eigenvalue weighted by molar-refractivity contribution is 5.83. The molecule has 5 aliphatic rings.